The van der Waals surface area contributed by atoms with Gasteiger partial charge in [0.25, 0.3) is 0 Å². The van der Waals surface area contributed by atoms with Gasteiger partial charge in [-0.1, -0.05) is 27.5 Å². The zero-order chi connectivity index (χ0) is 8.72. The Hall–Kier alpha value is -0.540. The lowest BCUT2D eigenvalue weighted by molar-refractivity contribution is 0.780. The Morgan fingerprint density at radius 2 is 2.25 bits per heavy atom. The maximum Gasteiger partial charge on any atom is 0.111 e. The van der Waals surface area contributed by atoms with Crippen LogP contribution >= 0.6 is 27.5 Å². The molecule has 62 valence electrons. The number of benzene rings is 1. The first-order valence-corrected chi connectivity index (χ1v) is 4.62. The van der Waals surface area contributed by atoms with Crippen LogP contribution in [0, 0.1) is 0 Å². The van der Waals surface area contributed by atoms with Crippen LogP contribution in [-0.4, -0.2) is 9.78 Å². The number of hydrogen-bond acceptors (Lipinski definition) is 1. The van der Waals surface area contributed by atoms with Crippen molar-refractivity contribution in [1.82, 2.24) is 9.78 Å². The SMILES string of the molecule is Cn1cc2cc(Br)cc(Cl)c2n1. The first-order chi connectivity index (χ1) is 5.66. The quantitative estimate of drug-likeness (QED) is 0.698. The number of rotatable bonds is 0. The van der Waals surface area contributed by atoms with Crippen molar-refractivity contribution in [2.24, 2.45) is 7.05 Å². The van der Waals surface area contributed by atoms with Gasteiger partial charge in [0.2, 0.25) is 0 Å². The second-order valence-corrected chi connectivity index (χ2v) is 3.95. The highest BCUT2D eigenvalue weighted by Gasteiger charge is 2.03. The highest BCUT2D eigenvalue weighted by atomic mass is 79.9. The molecule has 2 rings (SSSR count). The predicted octanol–water partition coefficient (Wildman–Crippen LogP) is 2.99. The third-order valence-electron chi connectivity index (χ3n) is 1.64. The molecule has 0 aliphatic carbocycles. The van der Waals surface area contributed by atoms with Crippen LogP contribution in [0.25, 0.3) is 10.9 Å². The maximum absolute atomic E-state index is 5.97. The molecule has 12 heavy (non-hydrogen) atoms. The van der Waals surface area contributed by atoms with Gasteiger partial charge in [-0.15, -0.1) is 0 Å². The predicted molar refractivity (Wildman–Crippen MR) is 53.4 cm³/mol. The normalized spacial score (nSPS) is 10.9. The van der Waals surface area contributed by atoms with Crippen LogP contribution in [-0.2, 0) is 7.05 Å². The van der Waals surface area contributed by atoms with Crippen LogP contribution in [0.15, 0.2) is 22.8 Å². The van der Waals surface area contributed by atoms with Crippen LogP contribution in [0.4, 0.5) is 0 Å². The van der Waals surface area contributed by atoms with Gasteiger partial charge in [0.15, 0.2) is 0 Å². The Kier molecular flexibility index (Phi) is 1.85. The molecule has 1 aromatic heterocycles. The molecule has 0 fully saturated rings. The summed E-state index contributed by atoms with van der Waals surface area (Å²) in [5, 5.41) is 5.95. The lowest BCUT2D eigenvalue weighted by atomic mass is 10.3. The van der Waals surface area contributed by atoms with Gasteiger partial charge in [-0.25, -0.2) is 0 Å². The van der Waals surface area contributed by atoms with Crippen LogP contribution < -0.4 is 0 Å². The molecule has 0 saturated carbocycles. The standard InChI is InChI=1S/C8H6BrClN2/c1-12-4-5-2-6(9)3-7(10)8(5)11-12/h2-4H,1H3. The zero-order valence-corrected chi connectivity index (χ0v) is 8.72. The Morgan fingerprint density at radius 1 is 1.50 bits per heavy atom. The average Bonchev–Trinajstić information content (AvgIpc) is 2.29. The molecule has 4 heteroatoms. The fourth-order valence-corrected chi connectivity index (χ4v) is 2.05. The van der Waals surface area contributed by atoms with E-state index >= 15 is 0 Å². The number of nitrogens with zero attached hydrogens (tertiary/aromatic N) is 2. The Labute approximate surface area is 83.3 Å². The summed E-state index contributed by atoms with van der Waals surface area (Å²) in [6.45, 7) is 0. The number of fused-ring (bicyclic) bond motifs is 1. The van der Waals surface area contributed by atoms with E-state index < -0.39 is 0 Å². The third kappa shape index (κ3) is 1.23. The van der Waals surface area contributed by atoms with Gasteiger partial charge in [-0.3, -0.25) is 4.68 Å². The van der Waals surface area contributed by atoms with Gasteiger partial charge in [0.05, 0.1) is 5.02 Å². The summed E-state index contributed by atoms with van der Waals surface area (Å²) < 4.78 is 2.73. The van der Waals surface area contributed by atoms with Crippen molar-refractivity contribution in [3.8, 4) is 0 Å². The van der Waals surface area contributed by atoms with Crippen molar-refractivity contribution in [2.75, 3.05) is 0 Å². The Bertz CT molecular complexity index is 436. The number of hydrogen-bond donors (Lipinski definition) is 0. The smallest absolute Gasteiger partial charge is 0.111 e. The molecule has 1 heterocycles. The highest BCUT2D eigenvalue weighted by Crippen LogP contribution is 2.26. The Balaban J connectivity index is 2.88. The van der Waals surface area contributed by atoms with Crippen molar-refractivity contribution in [1.29, 1.82) is 0 Å². The molecule has 0 aliphatic rings. The van der Waals surface area contributed by atoms with Gasteiger partial charge in [-0.2, -0.15) is 5.10 Å². The molecular formula is C8H6BrClN2. The summed E-state index contributed by atoms with van der Waals surface area (Å²) in [6.07, 6.45) is 1.94. The first kappa shape index (κ1) is 8.08. The third-order valence-corrected chi connectivity index (χ3v) is 2.39. The van der Waals surface area contributed by atoms with Crippen LogP contribution in [0.2, 0.25) is 5.02 Å². The molecule has 1 aromatic carbocycles. The van der Waals surface area contributed by atoms with Gasteiger partial charge >= 0.3 is 0 Å². The summed E-state index contributed by atoms with van der Waals surface area (Å²) in [4.78, 5) is 0. The van der Waals surface area contributed by atoms with Crippen molar-refractivity contribution in [2.45, 2.75) is 0 Å². The van der Waals surface area contributed by atoms with Crippen LogP contribution in [0.5, 0.6) is 0 Å². The minimum Gasteiger partial charge on any atom is -0.275 e. The Morgan fingerprint density at radius 3 is 3.00 bits per heavy atom. The largest absolute Gasteiger partial charge is 0.275 e. The van der Waals surface area contributed by atoms with E-state index in [1.165, 1.54) is 0 Å². The second-order valence-electron chi connectivity index (χ2n) is 2.63. The van der Waals surface area contributed by atoms with Gasteiger partial charge < -0.3 is 0 Å². The summed E-state index contributed by atoms with van der Waals surface area (Å²) in [5.74, 6) is 0. The first-order valence-electron chi connectivity index (χ1n) is 3.45. The summed E-state index contributed by atoms with van der Waals surface area (Å²) in [5.41, 5.74) is 0.849. The molecule has 0 spiro atoms. The molecule has 0 saturated heterocycles. The molecule has 2 nitrogen and oxygen atoms in total. The maximum atomic E-state index is 5.97. The fraction of sp³-hybridized carbons (Fsp3) is 0.125. The van der Waals surface area contributed by atoms with Crippen molar-refractivity contribution in [3.63, 3.8) is 0 Å². The topological polar surface area (TPSA) is 17.8 Å². The molecule has 0 atom stereocenters. The van der Waals surface area contributed by atoms with E-state index in [-0.39, 0.29) is 0 Å². The highest BCUT2D eigenvalue weighted by molar-refractivity contribution is 9.10. The van der Waals surface area contributed by atoms with E-state index in [2.05, 4.69) is 21.0 Å². The summed E-state index contributed by atoms with van der Waals surface area (Å²) >= 11 is 9.34. The van der Waals surface area contributed by atoms with Crippen molar-refractivity contribution >= 4 is 38.4 Å². The zero-order valence-electron chi connectivity index (χ0n) is 6.38. The minimum atomic E-state index is 0.681. The lowest BCUT2D eigenvalue weighted by Crippen LogP contribution is -1.85. The number of aromatic nitrogens is 2. The van der Waals surface area contributed by atoms with E-state index in [0.717, 1.165) is 15.4 Å². The molecule has 0 bridgehead atoms. The van der Waals surface area contributed by atoms with E-state index in [9.17, 15) is 0 Å². The second kappa shape index (κ2) is 2.75. The van der Waals surface area contributed by atoms with E-state index in [0.29, 0.717) is 5.02 Å². The van der Waals surface area contributed by atoms with Gasteiger partial charge in [0, 0.05) is 23.1 Å². The fourth-order valence-electron chi connectivity index (χ4n) is 1.18. The molecule has 0 radical (unpaired) electrons. The lowest BCUT2D eigenvalue weighted by Gasteiger charge is -1.92. The molecule has 0 amide bonds. The summed E-state index contributed by atoms with van der Waals surface area (Å²) in [6, 6.07) is 3.84. The molecule has 0 N–H and O–H groups in total. The van der Waals surface area contributed by atoms with Crippen LogP contribution in [0.1, 0.15) is 0 Å². The van der Waals surface area contributed by atoms with E-state index in [1.54, 1.807) is 4.68 Å². The van der Waals surface area contributed by atoms with Crippen molar-refractivity contribution < 1.29 is 0 Å². The average molecular weight is 246 g/mol. The molecule has 0 unspecified atom stereocenters. The molecule has 2 aromatic rings. The van der Waals surface area contributed by atoms with Crippen molar-refractivity contribution in [3.05, 3.63) is 27.8 Å². The summed E-state index contributed by atoms with van der Waals surface area (Å²) in [7, 11) is 1.88. The molecule has 0 aliphatic heterocycles. The van der Waals surface area contributed by atoms with Gasteiger partial charge in [0.1, 0.15) is 5.52 Å². The monoisotopic (exact) mass is 244 g/mol. The number of halogens is 2. The van der Waals surface area contributed by atoms with E-state index in [1.807, 2.05) is 25.4 Å². The molecular weight excluding hydrogens is 239 g/mol. The van der Waals surface area contributed by atoms with Gasteiger partial charge in [-0.05, 0) is 12.1 Å². The minimum absolute atomic E-state index is 0.681. The number of aryl methyl sites for hydroxylation is 1. The van der Waals surface area contributed by atoms with E-state index in [4.69, 9.17) is 11.6 Å². The van der Waals surface area contributed by atoms with Crippen LogP contribution in [0.3, 0.4) is 0 Å².